The number of β-amino-alcohol motifs (C(OH)–C–C–N with tert-alkyl or cyclic N) is 1. The van der Waals surface area contributed by atoms with Crippen LogP contribution in [0.4, 0.5) is 0 Å². The van der Waals surface area contributed by atoms with E-state index < -0.39 is 5.60 Å². The average molecular weight is 359 g/mol. The SMILES string of the molecule is CC(C)c1ccc(CN2CCC[C@](O)(CN3CCNC(=O)C3)C2=O)cc1. The van der Waals surface area contributed by atoms with Crippen molar-refractivity contribution >= 4 is 11.8 Å². The van der Waals surface area contributed by atoms with Crippen LogP contribution in [-0.4, -0.2) is 65.0 Å². The number of nitrogens with zero attached hydrogens (tertiary/aromatic N) is 2. The van der Waals surface area contributed by atoms with E-state index in [4.69, 9.17) is 0 Å². The lowest BCUT2D eigenvalue weighted by molar-refractivity contribution is -0.161. The summed E-state index contributed by atoms with van der Waals surface area (Å²) in [5.74, 6) is 0.209. The third-order valence-electron chi connectivity index (χ3n) is 5.33. The quantitative estimate of drug-likeness (QED) is 0.826. The fourth-order valence-electron chi connectivity index (χ4n) is 3.79. The summed E-state index contributed by atoms with van der Waals surface area (Å²) in [4.78, 5) is 28.1. The molecule has 6 heteroatoms. The Morgan fingerprint density at radius 3 is 2.58 bits per heavy atom. The van der Waals surface area contributed by atoms with Crippen LogP contribution < -0.4 is 5.32 Å². The minimum Gasteiger partial charge on any atom is -0.379 e. The van der Waals surface area contributed by atoms with Crippen LogP contribution in [0.3, 0.4) is 0 Å². The molecular weight excluding hydrogens is 330 g/mol. The highest BCUT2D eigenvalue weighted by Crippen LogP contribution is 2.26. The van der Waals surface area contributed by atoms with Crippen LogP contribution in [0.15, 0.2) is 24.3 Å². The van der Waals surface area contributed by atoms with Gasteiger partial charge >= 0.3 is 0 Å². The van der Waals surface area contributed by atoms with E-state index in [9.17, 15) is 14.7 Å². The van der Waals surface area contributed by atoms with Gasteiger partial charge in [-0.05, 0) is 29.9 Å². The maximum absolute atomic E-state index is 12.9. The maximum Gasteiger partial charge on any atom is 0.256 e. The molecule has 2 heterocycles. The number of aliphatic hydroxyl groups is 1. The second-order valence-electron chi connectivity index (χ2n) is 7.82. The van der Waals surface area contributed by atoms with Gasteiger partial charge in [0.2, 0.25) is 5.91 Å². The first-order chi connectivity index (χ1) is 12.4. The molecule has 0 aromatic heterocycles. The molecule has 2 fully saturated rings. The number of rotatable bonds is 5. The molecule has 1 aromatic carbocycles. The van der Waals surface area contributed by atoms with Gasteiger partial charge in [-0.1, -0.05) is 38.1 Å². The molecule has 0 spiro atoms. The molecule has 2 N–H and O–H groups in total. The van der Waals surface area contributed by atoms with Gasteiger partial charge in [0.15, 0.2) is 5.60 Å². The van der Waals surface area contributed by atoms with E-state index in [1.165, 1.54) is 5.56 Å². The van der Waals surface area contributed by atoms with Crippen molar-refractivity contribution in [3.8, 4) is 0 Å². The standard InChI is InChI=1S/C20H29N3O3/c1-15(2)17-6-4-16(5-7-17)12-23-10-3-8-20(26,19(23)25)14-22-11-9-21-18(24)13-22/h4-7,15,26H,3,8-14H2,1-2H3,(H,21,24)/t20-/m0/s1. The summed E-state index contributed by atoms with van der Waals surface area (Å²) < 4.78 is 0. The van der Waals surface area contributed by atoms with Crippen molar-refractivity contribution in [3.05, 3.63) is 35.4 Å². The van der Waals surface area contributed by atoms with Crippen molar-refractivity contribution in [2.75, 3.05) is 32.7 Å². The molecule has 0 saturated carbocycles. The second-order valence-corrected chi connectivity index (χ2v) is 7.82. The molecule has 142 valence electrons. The predicted molar refractivity (Wildman–Crippen MR) is 99.6 cm³/mol. The summed E-state index contributed by atoms with van der Waals surface area (Å²) >= 11 is 0. The molecule has 2 aliphatic rings. The minimum atomic E-state index is -1.40. The van der Waals surface area contributed by atoms with Gasteiger partial charge < -0.3 is 15.3 Å². The molecule has 6 nitrogen and oxygen atoms in total. The van der Waals surface area contributed by atoms with Crippen LogP contribution in [-0.2, 0) is 16.1 Å². The van der Waals surface area contributed by atoms with E-state index in [0.717, 1.165) is 12.0 Å². The molecule has 0 unspecified atom stereocenters. The van der Waals surface area contributed by atoms with Crippen molar-refractivity contribution < 1.29 is 14.7 Å². The number of likely N-dealkylation sites (tertiary alicyclic amines) is 1. The van der Waals surface area contributed by atoms with Gasteiger partial charge in [-0.25, -0.2) is 0 Å². The minimum absolute atomic E-state index is 0.0507. The topological polar surface area (TPSA) is 72.9 Å². The van der Waals surface area contributed by atoms with Crippen LogP contribution in [0.25, 0.3) is 0 Å². The fourth-order valence-corrected chi connectivity index (χ4v) is 3.79. The Labute approximate surface area is 155 Å². The highest BCUT2D eigenvalue weighted by atomic mass is 16.3. The summed E-state index contributed by atoms with van der Waals surface area (Å²) in [7, 11) is 0. The summed E-state index contributed by atoms with van der Waals surface area (Å²) in [6, 6.07) is 8.33. The van der Waals surface area contributed by atoms with E-state index in [1.807, 2.05) is 4.90 Å². The molecule has 2 amide bonds. The van der Waals surface area contributed by atoms with Gasteiger partial charge in [0, 0.05) is 32.7 Å². The van der Waals surface area contributed by atoms with Gasteiger partial charge in [0.25, 0.3) is 5.91 Å². The number of piperidine rings is 1. The van der Waals surface area contributed by atoms with Gasteiger partial charge in [-0.15, -0.1) is 0 Å². The highest BCUT2D eigenvalue weighted by Gasteiger charge is 2.43. The third-order valence-corrected chi connectivity index (χ3v) is 5.33. The molecule has 0 radical (unpaired) electrons. The van der Waals surface area contributed by atoms with Crippen LogP contribution in [0.2, 0.25) is 0 Å². The third kappa shape index (κ3) is 4.24. The monoisotopic (exact) mass is 359 g/mol. The molecule has 3 rings (SSSR count). The number of amides is 2. The molecule has 2 aliphatic heterocycles. The molecule has 26 heavy (non-hydrogen) atoms. The Morgan fingerprint density at radius 1 is 1.19 bits per heavy atom. The van der Waals surface area contributed by atoms with Crippen molar-refractivity contribution in [2.24, 2.45) is 0 Å². The van der Waals surface area contributed by atoms with Crippen LogP contribution in [0.5, 0.6) is 0 Å². The number of hydrogen-bond acceptors (Lipinski definition) is 4. The number of benzene rings is 1. The lowest BCUT2D eigenvalue weighted by atomic mass is 9.90. The van der Waals surface area contributed by atoms with E-state index in [0.29, 0.717) is 38.5 Å². The Morgan fingerprint density at radius 2 is 1.92 bits per heavy atom. The molecule has 0 aliphatic carbocycles. The van der Waals surface area contributed by atoms with Crippen LogP contribution in [0.1, 0.15) is 43.7 Å². The number of piperazine rings is 1. The normalized spacial score (nSPS) is 24.8. The van der Waals surface area contributed by atoms with Crippen LogP contribution >= 0.6 is 0 Å². The smallest absolute Gasteiger partial charge is 0.256 e. The summed E-state index contributed by atoms with van der Waals surface area (Å²) in [5.41, 5.74) is 0.955. The summed E-state index contributed by atoms with van der Waals surface area (Å²) in [5, 5.41) is 13.7. The van der Waals surface area contributed by atoms with Crippen LogP contribution in [0, 0.1) is 0 Å². The molecule has 1 atom stereocenters. The molecule has 2 saturated heterocycles. The Hall–Kier alpha value is -1.92. The number of carbonyl (C=O) groups excluding carboxylic acids is 2. The van der Waals surface area contributed by atoms with E-state index in [2.05, 4.69) is 43.4 Å². The zero-order valence-corrected chi connectivity index (χ0v) is 15.7. The van der Waals surface area contributed by atoms with Crippen molar-refractivity contribution in [2.45, 2.75) is 44.8 Å². The van der Waals surface area contributed by atoms with Crippen molar-refractivity contribution in [1.29, 1.82) is 0 Å². The van der Waals surface area contributed by atoms with Gasteiger partial charge in [-0.2, -0.15) is 0 Å². The first kappa shape index (κ1) is 18.9. The summed E-state index contributed by atoms with van der Waals surface area (Å²) in [6.07, 6.45) is 1.22. The van der Waals surface area contributed by atoms with Crippen molar-refractivity contribution in [3.63, 3.8) is 0 Å². The van der Waals surface area contributed by atoms with E-state index in [-0.39, 0.29) is 24.9 Å². The summed E-state index contributed by atoms with van der Waals surface area (Å²) in [6.45, 7) is 7.18. The lowest BCUT2D eigenvalue weighted by Crippen LogP contribution is -2.60. The Kier molecular flexibility index (Phi) is 5.63. The molecule has 0 bridgehead atoms. The van der Waals surface area contributed by atoms with Gasteiger partial charge in [0.1, 0.15) is 0 Å². The average Bonchev–Trinajstić information content (AvgIpc) is 2.59. The predicted octanol–water partition coefficient (Wildman–Crippen LogP) is 1.10. The second kappa shape index (κ2) is 7.76. The maximum atomic E-state index is 12.9. The van der Waals surface area contributed by atoms with Gasteiger partial charge in [0.05, 0.1) is 6.54 Å². The Bertz CT molecular complexity index is 659. The highest BCUT2D eigenvalue weighted by molar-refractivity contribution is 5.86. The van der Waals surface area contributed by atoms with Gasteiger partial charge in [-0.3, -0.25) is 14.5 Å². The number of carbonyl (C=O) groups is 2. The first-order valence-electron chi connectivity index (χ1n) is 9.47. The van der Waals surface area contributed by atoms with E-state index in [1.54, 1.807) is 4.90 Å². The molecular formula is C20H29N3O3. The number of nitrogens with one attached hydrogen (secondary N) is 1. The first-order valence-corrected chi connectivity index (χ1v) is 9.47. The molecule has 1 aromatic rings. The zero-order valence-electron chi connectivity index (χ0n) is 15.7. The number of hydrogen-bond donors (Lipinski definition) is 2. The lowest BCUT2D eigenvalue weighted by Gasteiger charge is -2.41. The zero-order chi connectivity index (χ0) is 18.7. The largest absolute Gasteiger partial charge is 0.379 e. The fraction of sp³-hybridized carbons (Fsp3) is 0.600. The Balaban J connectivity index is 1.65. The van der Waals surface area contributed by atoms with E-state index >= 15 is 0 Å². The van der Waals surface area contributed by atoms with Crippen molar-refractivity contribution in [1.82, 2.24) is 15.1 Å².